The van der Waals surface area contributed by atoms with E-state index in [1.165, 1.54) is 12.4 Å². The van der Waals surface area contributed by atoms with Crippen LogP contribution in [0.1, 0.15) is 71.2 Å². The highest BCUT2D eigenvalue weighted by Crippen LogP contribution is 2.66. The fourth-order valence-electron chi connectivity index (χ4n) is 9.58. The number of nitrogens with one attached hydrogen (secondary N) is 3. The molecule has 2 aromatic heterocycles. The van der Waals surface area contributed by atoms with Gasteiger partial charge in [0, 0.05) is 54.1 Å². The van der Waals surface area contributed by atoms with E-state index < -0.39 is 46.6 Å². The molecule has 1 saturated heterocycles. The molecule has 0 amide bonds. The highest BCUT2D eigenvalue weighted by Gasteiger charge is 2.71. The lowest BCUT2D eigenvalue weighted by Crippen LogP contribution is -2.68. The van der Waals surface area contributed by atoms with Crippen molar-refractivity contribution < 1.29 is 34.1 Å². The first kappa shape index (κ1) is 38.8. The van der Waals surface area contributed by atoms with Crippen molar-refractivity contribution in [3.05, 3.63) is 53.6 Å². The molecule has 7 rings (SSSR count). The molecule has 3 fully saturated rings. The molecule has 2 aliphatic carbocycles. The molecule has 16 heteroatoms. The van der Waals surface area contributed by atoms with Gasteiger partial charge < -0.3 is 41.0 Å². The Morgan fingerprint density at radius 3 is 2.55 bits per heavy atom. The average molecular weight is 758 g/mol. The van der Waals surface area contributed by atoms with Gasteiger partial charge in [0.25, 0.3) is 0 Å². The van der Waals surface area contributed by atoms with Crippen LogP contribution in [0.3, 0.4) is 0 Å². The molecule has 7 unspecified atom stereocenters. The fraction of sp³-hybridized carbons (Fsp3) is 0.590. The Morgan fingerprint density at radius 1 is 1.15 bits per heavy atom. The molecule has 0 bridgehead atoms. The van der Waals surface area contributed by atoms with Crippen LogP contribution in [0, 0.1) is 22.7 Å². The van der Waals surface area contributed by atoms with E-state index in [1.807, 2.05) is 13.8 Å². The number of ether oxygens (including phenoxy) is 2. The number of fused-ring (bicyclic) bond motifs is 1. The minimum absolute atomic E-state index is 0.0437. The van der Waals surface area contributed by atoms with Crippen LogP contribution in [0.15, 0.2) is 52.2 Å². The second kappa shape index (κ2) is 15.2. The van der Waals surface area contributed by atoms with E-state index in [4.69, 9.17) is 15.2 Å². The Kier molecular flexibility index (Phi) is 10.7. The number of H-pyrrole nitrogens is 1. The Balaban J connectivity index is 1.24. The standard InChI is InChI=1S/C39H51N9O7/c1-21(27(50)14-33-41-7-8-42-33)47-26(25-12-24(55-35(25)53)11-23-17-45-36(40)46-18-23)13-30-37(3)6-5-32(52)38(4,19-49)29(37)16-31(39(30)20-54-39)48-22(2)28(51)15-34-43-9-10-44-34/h7,9-12,17-18,21-22,26,29-32,47-49,52H,5-6,8,13-16,19-20H2,1-4H3,(H,43,44)(H2,40,45,46)/b24-11+/t21?,22?,26?,29?,30?,31?,32-,37+,38+,39?/m1/s1. The molecule has 16 nitrogen and oxygen atoms in total. The summed E-state index contributed by atoms with van der Waals surface area (Å²) in [6.45, 7) is 8.36. The van der Waals surface area contributed by atoms with Crippen molar-refractivity contribution in [3.63, 3.8) is 0 Å². The van der Waals surface area contributed by atoms with Crippen LogP contribution in [0.4, 0.5) is 5.95 Å². The smallest absolute Gasteiger partial charge is 0.341 e. The number of amidine groups is 1. The number of aromatic nitrogens is 4. The Labute approximate surface area is 319 Å². The normalized spacial score (nSPS) is 33.5. The Bertz CT molecular complexity index is 1910. The minimum Gasteiger partial charge on any atom is -0.423 e. The third-order valence-corrected chi connectivity index (χ3v) is 12.9. The first-order valence-corrected chi connectivity index (χ1v) is 19.0. The summed E-state index contributed by atoms with van der Waals surface area (Å²) in [6.07, 6.45) is 12.8. The zero-order valence-electron chi connectivity index (χ0n) is 31.7. The lowest BCUT2D eigenvalue weighted by molar-refractivity contribution is -0.185. The predicted molar refractivity (Wildman–Crippen MR) is 203 cm³/mol. The number of carbonyl (C=O) groups is 3. The number of aromatic amines is 1. The molecule has 5 heterocycles. The maximum atomic E-state index is 13.8. The highest BCUT2D eigenvalue weighted by molar-refractivity contribution is 6.07. The maximum absolute atomic E-state index is 13.8. The van der Waals surface area contributed by atoms with Crippen molar-refractivity contribution >= 4 is 41.6 Å². The molecule has 3 aliphatic heterocycles. The number of nitrogens with zero attached hydrogens (tertiary/aromatic N) is 5. The lowest BCUT2D eigenvalue weighted by Gasteiger charge is -2.63. The van der Waals surface area contributed by atoms with Crippen LogP contribution < -0.4 is 16.4 Å². The maximum Gasteiger partial charge on any atom is 0.341 e. The number of aliphatic imine (C=N–C) groups is 2. The summed E-state index contributed by atoms with van der Waals surface area (Å²) < 4.78 is 12.3. The number of nitrogens with two attached hydrogens (primary N) is 1. The van der Waals surface area contributed by atoms with Gasteiger partial charge in [0.05, 0.1) is 56.4 Å². The van der Waals surface area contributed by atoms with Crippen LogP contribution in [0.5, 0.6) is 0 Å². The summed E-state index contributed by atoms with van der Waals surface area (Å²) in [5, 5.41) is 29.5. The summed E-state index contributed by atoms with van der Waals surface area (Å²) in [5.41, 5.74) is 4.54. The summed E-state index contributed by atoms with van der Waals surface area (Å²) in [5.74, 6) is 0.267. The molecule has 2 aromatic rings. The summed E-state index contributed by atoms with van der Waals surface area (Å²) in [7, 11) is 0. The number of allylic oxidation sites excluding steroid dienone is 1. The number of esters is 1. The first-order chi connectivity index (χ1) is 26.3. The van der Waals surface area contributed by atoms with Gasteiger partial charge in [-0.1, -0.05) is 13.8 Å². The number of hydrogen-bond donors (Lipinski definition) is 6. The third-order valence-electron chi connectivity index (χ3n) is 12.9. The van der Waals surface area contributed by atoms with Crippen LogP contribution in [0.25, 0.3) is 6.08 Å². The van der Waals surface area contributed by atoms with Crippen molar-refractivity contribution in [2.75, 3.05) is 25.5 Å². The third kappa shape index (κ3) is 7.57. The lowest BCUT2D eigenvalue weighted by atomic mass is 9.43. The minimum atomic E-state index is -0.847. The number of hydrogen-bond acceptors (Lipinski definition) is 15. The van der Waals surface area contributed by atoms with E-state index in [0.29, 0.717) is 61.6 Å². The number of aliphatic hydroxyl groups excluding tert-OH is 2. The van der Waals surface area contributed by atoms with Crippen molar-refractivity contribution in [2.24, 2.45) is 32.7 Å². The zero-order chi connectivity index (χ0) is 39.1. The van der Waals surface area contributed by atoms with E-state index in [9.17, 15) is 24.6 Å². The first-order valence-electron chi connectivity index (χ1n) is 19.0. The van der Waals surface area contributed by atoms with Gasteiger partial charge in [-0.05, 0) is 68.9 Å². The molecular weight excluding hydrogens is 706 g/mol. The van der Waals surface area contributed by atoms with E-state index in [1.54, 1.807) is 37.7 Å². The molecule has 55 heavy (non-hydrogen) atoms. The van der Waals surface area contributed by atoms with Gasteiger partial charge in [0.15, 0.2) is 11.6 Å². The molecule has 294 valence electrons. The second-order valence-electron chi connectivity index (χ2n) is 16.2. The van der Waals surface area contributed by atoms with E-state index >= 15 is 0 Å². The zero-order valence-corrected chi connectivity index (χ0v) is 31.7. The van der Waals surface area contributed by atoms with E-state index in [-0.39, 0.29) is 60.6 Å². The van der Waals surface area contributed by atoms with Crippen molar-refractivity contribution in [2.45, 2.75) is 102 Å². The Hall–Kier alpha value is -4.48. The van der Waals surface area contributed by atoms with Crippen LogP contribution in [-0.2, 0) is 30.3 Å². The molecule has 0 aromatic carbocycles. The highest BCUT2D eigenvalue weighted by atomic mass is 16.6. The number of cyclic esters (lactones) is 1. The monoisotopic (exact) mass is 757 g/mol. The van der Waals surface area contributed by atoms with Crippen LogP contribution in [-0.4, -0.2) is 115 Å². The van der Waals surface area contributed by atoms with Crippen LogP contribution in [0.2, 0.25) is 0 Å². The van der Waals surface area contributed by atoms with Crippen molar-refractivity contribution in [3.8, 4) is 0 Å². The van der Waals surface area contributed by atoms with Crippen molar-refractivity contribution in [1.82, 2.24) is 30.6 Å². The van der Waals surface area contributed by atoms with E-state index in [0.717, 1.165) is 0 Å². The number of imidazole rings is 1. The summed E-state index contributed by atoms with van der Waals surface area (Å²) in [6, 6.07) is -2.25. The van der Waals surface area contributed by atoms with Gasteiger partial charge in [-0.3, -0.25) is 14.6 Å². The van der Waals surface area contributed by atoms with Crippen LogP contribution >= 0.6 is 0 Å². The number of Topliss-reactive ketones (excluding diaryl/α,β-unsaturated/α-hetero) is 2. The van der Waals surface area contributed by atoms with Gasteiger partial charge in [-0.15, -0.1) is 0 Å². The summed E-state index contributed by atoms with van der Waals surface area (Å²) in [4.78, 5) is 64.6. The second-order valence-corrected chi connectivity index (χ2v) is 16.2. The number of aliphatic hydroxyl groups is 2. The molecule has 1 spiro atoms. The number of anilines is 1. The van der Waals surface area contributed by atoms with Crippen molar-refractivity contribution in [1.29, 1.82) is 0 Å². The molecule has 5 aliphatic rings. The number of rotatable bonds is 15. The summed E-state index contributed by atoms with van der Waals surface area (Å²) >= 11 is 0. The topological polar surface area (TPSA) is 243 Å². The average Bonchev–Trinajstić information content (AvgIpc) is 3.46. The molecule has 7 N–H and O–H groups in total. The number of ketones is 2. The predicted octanol–water partition coefficient (Wildman–Crippen LogP) is 1.51. The van der Waals surface area contributed by atoms with Gasteiger partial charge in [0.2, 0.25) is 5.95 Å². The largest absolute Gasteiger partial charge is 0.423 e. The molecule has 10 atom stereocenters. The van der Waals surface area contributed by atoms with E-state index in [2.05, 4.69) is 47.5 Å². The number of nitrogen functional groups attached to an aromatic ring is 1. The fourth-order valence-corrected chi connectivity index (χ4v) is 9.58. The van der Waals surface area contributed by atoms with Gasteiger partial charge in [-0.2, -0.15) is 0 Å². The number of epoxide rings is 1. The van der Waals surface area contributed by atoms with Gasteiger partial charge in [-0.25, -0.2) is 24.7 Å². The number of carbonyl (C=O) groups excluding carboxylic acids is 3. The SMILES string of the molecule is CC(NC(CC1C2(CO2)C(NC(C)C(=O)Cc2ncc[nH]2)CC2[C@]1(C)CC[C@@H](O)[C@@]2(C)CO)C1=C/C(=C\c2cnc(N)nc2)OC1=O)C(=O)CC1=NCC=N1. The quantitative estimate of drug-likeness (QED) is 0.112. The molecular formula is C39H51N9O7. The molecule has 0 radical (unpaired) electrons. The van der Waals surface area contributed by atoms with Gasteiger partial charge in [0.1, 0.15) is 23.0 Å². The Morgan fingerprint density at radius 2 is 1.89 bits per heavy atom. The molecule has 2 saturated carbocycles. The van der Waals surface area contributed by atoms with Gasteiger partial charge >= 0.3 is 5.97 Å².